The van der Waals surface area contributed by atoms with Gasteiger partial charge < -0.3 is 47.7 Å². The molecule has 0 aliphatic heterocycles. The molecule has 0 aliphatic carbocycles. The van der Waals surface area contributed by atoms with Crippen LogP contribution in [-0.4, -0.2) is 131 Å². The van der Waals surface area contributed by atoms with Crippen LogP contribution < -0.4 is 0 Å². The molecule has 0 heterocycles. The van der Waals surface area contributed by atoms with Crippen molar-refractivity contribution in [2.24, 2.45) is 16.7 Å². The Morgan fingerprint density at radius 1 is 0.418 bits per heavy atom. The molecule has 2 aromatic rings. The molecule has 0 aromatic heterocycles. The second-order valence-electron chi connectivity index (χ2n) is 20.8. The van der Waals surface area contributed by atoms with E-state index in [-0.39, 0.29) is 105 Å². The molecule has 0 bridgehead atoms. The van der Waals surface area contributed by atoms with Crippen molar-refractivity contribution in [1.82, 2.24) is 0 Å². The summed E-state index contributed by atoms with van der Waals surface area (Å²) in [5, 5.41) is 9.69. The molecule has 0 spiro atoms. The number of hydrogen-bond acceptors (Lipinski definition) is 20. The molecule has 0 saturated carbocycles. The normalized spacial score (nSPS) is 10.3. The Morgan fingerprint density at radius 3 is 0.945 bits per heavy atom. The van der Waals surface area contributed by atoms with Gasteiger partial charge in [0.1, 0.15) is 52.9 Å². The van der Waals surface area contributed by atoms with Crippen LogP contribution in [0.15, 0.2) is 190 Å². The lowest BCUT2D eigenvalue weighted by Gasteiger charge is -2.31. The Kier molecular flexibility index (Phi) is 44.3. The standard InChI is InChI=1S/C18H26O6.C17H24O7.C16H18O3.C10H14O4.C10H10/c1-8-18(9-22-15(19)12(2)3,10-23-16(20)13(4)5)11-24-17(21)14(6)7;1-11(2)14(19)22-8-17(7-18,9-23-15(20)12(3)4)10-24-16(21)13(5)6;1-3-15(17)11-14(12-19-16(18)4-2)10-13-8-6-5-7-9-13;1-7(2)9(11)13-5-6-14-10(12)8(3)4;1-3-9-5-7-10(4-2)8-6-9/h2,4,6,8-11H2,1,3,5,7H3;18H,1,3,5,7-10H2,2,4,6H3;3-9,14H,1-2,10-12H2;1,3,5-6H2,2,4H3;3-8H,1-2H2/t;;14-;;/m..0../s1. The highest BCUT2D eigenvalue weighted by molar-refractivity contribution is 5.91. The number of allylic oxidation sites excluding steroid dienone is 1. The smallest absolute Gasteiger partial charge is 0.333 e. The van der Waals surface area contributed by atoms with Gasteiger partial charge in [0.25, 0.3) is 0 Å². The van der Waals surface area contributed by atoms with Crippen LogP contribution in [-0.2, 0) is 97.0 Å². The number of carbonyl (C=O) groups is 10. The first-order valence-corrected chi connectivity index (χ1v) is 28.1. The second-order valence-corrected chi connectivity index (χ2v) is 20.8. The Hall–Kier alpha value is -9.82. The van der Waals surface area contributed by atoms with Gasteiger partial charge in [0.05, 0.1) is 24.0 Å². The van der Waals surface area contributed by atoms with Gasteiger partial charge in [0, 0.05) is 63.0 Å². The molecule has 0 radical (unpaired) electrons. The first kappa shape index (κ1) is 85.4. The van der Waals surface area contributed by atoms with Gasteiger partial charge >= 0.3 is 53.7 Å². The number of carbonyl (C=O) groups excluding carboxylic acids is 10. The SMILES string of the molecule is C=C(C)C(=O)OCC(CC)(COC(=O)C(=C)C)COC(=O)C(=C)C.C=C(C)C(=O)OCC(CO)(COC(=O)C(=C)C)COC(=O)C(=C)C.C=C(C)C(=O)OCCOC(=O)C(=C)C.C=CC(=O)C[C@@H](COC(=O)C=C)Cc1ccccc1.C=Cc1ccc(C=C)cc1. The van der Waals surface area contributed by atoms with Gasteiger partial charge in [-0.25, -0.2) is 43.2 Å². The summed E-state index contributed by atoms with van der Waals surface area (Å²) in [7, 11) is 0. The maximum atomic E-state index is 11.6. The van der Waals surface area contributed by atoms with Crippen molar-refractivity contribution in [3.8, 4) is 0 Å². The second kappa shape index (κ2) is 47.2. The zero-order valence-electron chi connectivity index (χ0n) is 54.5. The fraction of sp³-hybridized carbons (Fsp3) is 0.352. The van der Waals surface area contributed by atoms with E-state index >= 15 is 0 Å². The molecule has 0 aliphatic rings. The van der Waals surface area contributed by atoms with Crippen LogP contribution in [0.4, 0.5) is 0 Å². The van der Waals surface area contributed by atoms with E-state index in [9.17, 15) is 53.1 Å². The van der Waals surface area contributed by atoms with Gasteiger partial charge in [0.15, 0.2) is 5.78 Å². The van der Waals surface area contributed by atoms with Gasteiger partial charge in [-0.2, -0.15) is 0 Å². The van der Waals surface area contributed by atoms with Crippen LogP contribution in [0.5, 0.6) is 0 Å². The highest BCUT2D eigenvalue weighted by Crippen LogP contribution is 2.26. The number of aliphatic hydroxyl groups is 1. The van der Waals surface area contributed by atoms with Crippen molar-refractivity contribution in [2.45, 2.75) is 81.6 Å². The lowest BCUT2D eigenvalue weighted by atomic mass is 9.88. The summed E-state index contributed by atoms with van der Waals surface area (Å²) in [6.07, 6.45) is 7.53. The lowest BCUT2D eigenvalue weighted by molar-refractivity contribution is -0.161. The lowest BCUT2D eigenvalue weighted by Crippen LogP contribution is -2.42. The van der Waals surface area contributed by atoms with Crippen LogP contribution >= 0.6 is 0 Å². The topological polar surface area (TPSA) is 274 Å². The quantitative estimate of drug-likeness (QED) is 0.0291. The van der Waals surface area contributed by atoms with Crippen LogP contribution in [0.3, 0.4) is 0 Å². The molecule has 2 aromatic carbocycles. The fourth-order valence-electron chi connectivity index (χ4n) is 5.79. The van der Waals surface area contributed by atoms with Crippen LogP contribution in [0.1, 0.15) is 91.8 Å². The molecule has 496 valence electrons. The minimum atomic E-state index is -1.30. The van der Waals surface area contributed by atoms with Crippen molar-refractivity contribution >= 4 is 71.7 Å². The zero-order chi connectivity index (χ0) is 70.5. The Bertz CT molecular complexity index is 2630. The van der Waals surface area contributed by atoms with Gasteiger partial charge in [-0.05, 0) is 91.0 Å². The molecule has 91 heavy (non-hydrogen) atoms. The van der Waals surface area contributed by atoms with Gasteiger partial charge in [-0.15, -0.1) is 0 Å². The van der Waals surface area contributed by atoms with E-state index in [0.29, 0.717) is 30.4 Å². The Balaban J connectivity index is -0.00000109. The summed E-state index contributed by atoms with van der Waals surface area (Å²) in [6, 6.07) is 17.9. The summed E-state index contributed by atoms with van der Waals surface area (Å²) < 4.78 is 45.0. The van der Waals surface area contributed by atoms with E-state index in [1.807, 2.05) is 73.7 Å². The summed E-state index contributed by atoms with van der Waals surface area (Å²) >= 11 is 0. The number of ketones is 1. The molecule has 20 nitrogen and oxygen atoms in total. The predicted octanol–water partition coefficient (Wildman–Crippen LogP) is 11.0. The summed E-state index contributed by atoms with van der Waals surface area (Å²) in [5.41, 5.74) is 3.11. The van der Waals surface area contributed by atoms with E-state index in [2.05, 4.69) is 88.4 Å². The summed E-state index contributed by atoms with van der Waals surface area (Å²) in [5.74, 6) is -5.26. The van der Waals surface area contributed by atoms with Gasteiger partial charge in [-0.1, -0.05) is 153 Å². The molecule has 0 fully saturated rings. The minimum Gasteiger partial charge on any atom is -0.462 e. The van der Waals surface area contributed by atoms with Gasteiger partial charge in [-0.3, -0.25) is 4.79 Å². The zero-order valence-corrected chi connectivity index (χ0v) is 54.5. The molecule has 0 unspecified atom stereocenters. The number of hydrogen-bond donors (Lipinski definition) is 1. The number of ether oxygens (including phenoxy) is 9. The van der Waals surface area contributed by atoms with Gasteiger partial charge in [0.2, 0.25) is 0 Å². The number of esters is 9. The molecule has 20 heteroatoms. The van der Waals surface area contributed by atoms with Crippen molar-refractivity contribution < 1.29 is 95.7 Å². The van der Waals surface area contributed by atoms with Crippen LogP contribution in [0.25, 0.3) is 12.2 Å². The van der Waals surface area contributed by atoms with E-state index in [1.54, 1.807) is 13.8 Å². The first-order chi connectivity index (χ1) is 42.5. The molecule has 0 saturated heterocycles. The average Bonchev–Trinajstić information content (AvgIpc) is 2.12. The molecule has 1 atom stereocenters. The molecule has 0 amide bonds. The Morgan fingerprint density at radius 2 is 0.703 bits per heavy atom. The Labute approximate surface area is 536 Å². The van der Waals surface area contributed by atoms with Crippen LogP contribution in [0.2, 0.25) is 0 Å². The third-order valence-corrected chi connectivity index (χ3v) is 11.6. The molecular weight excluding hydrogens is 1170 g/mol. The number of aliphatic hydroxyl groups excluding tert-OH is 1. The van der Waals surface area contributed by atoms with Crippen molar-refractivity contribution in [3.05, 3.63) is 207 Å². The third kappa shape index (κ3) is 40.4. The predicted molar refractivity (Wildman–Crippen MR) is 350 cm³/mol. The van der Waals surface area contributed by atoms with E-state index in [0.717, 1.165) is 22.8 Å². The first-order valence-electron chi connectivity index (χ1n) is 28.1. The molecule has 1 N–H and O–H groups in total. The summed E-state index contributed by atoms with van der Waals surface area (Å²) in [4.78, 5) is 114. The molecular formula is C71H92O20. The highest BCUT2D eigenvalue weighted by atomic mass is 16.6. The largest absolute Gasteiger partial charge is 0.462 e. The minimum absolute atomic E-state index is 0.0325. The van der Waals surface area contributed by atoms with Crippen molar-refractivity contribution in [3.63, 3.8) is 0 Å². The van der Waals surface area contributed by atoms with E-state index < -0.39 is 71.2 Å². The third-order valence-electron chi connectivity index (χ3n) is 11.6. The average molecular weight is 1270 g/mol. The summed E-state index contributed by atoms with van der Waals surface area (Å²) in [6.45, 7) is 54.1. The highest BCUT2D eigenvalue weighted by Gasteiger charge is 2.37. The fourth-order valence-corrected chi connectivity index (χ4v) is 5.79. The van der Waals surface area contributed by atoms with E-state index in [4.69, 9.17) is 33.2 Å². The molecule has 2 rings (SSSR count). The maximum absolute atomic E-state index is 11.6. The van der Waals surface area contributed by atoms with E-state index in [1.165, 1.54) is 47.6 Å². The number of rotatable bonds is 35. The van der Waals surface area contributed by atoms with Crippen molar-refractivity contribution in [2.75, 3.05) is 66.1 Å². The van der Waals surface area contributed by atoms with Crippen molar-refractivity contribution in [1.29, 1.82) is 0 Å². The number of benzene rings is 2. The maximum Gasteiger partial charge on any atom is 0.333 e. The van der Waals surface area contributed by atoms with Crippen LogP contribution in [0, 0.1) is 16.7 Å². The monoisotopic (exact) mass is 1260 g/mol.